The second kappa shape index (κ2) is 11.5. The first kappa shape index (κ1) is 24.3. The van der Waals surface area contributed by atoms with E-state index in [1.54, 1.807) is 24.0 Å². The fourth-order valence-corrected chi connectivity index (χ4v) is 4.62. The fourth-order valence-electron chi connectivity index (χ4n) is 3.56. The van der Waals surface area contributed by atoms with Crippen LogP contribution in [-0.4, -0.2) is 35.2 Å². The average molecular weight is 487 g/mol. The summed E-state index contributed by atoms with van der Waals surface area (Å²) in [4.78, 5) is 32.1. The molecule has 1 atom stereocenters. The van der Waals surface area contributed by atoms with E-state index in [1.807, 2.05) is 85.8 Å². The first-order valence-corrected chi connectivity index (χ1v) is 12.2. The molecule has 1 saturated heterocycles. The van der Waals surface area contributed by atoms with Crippen molar-refractivity contribution in [1.82, 2.24) is 4.90 Å². The normalized spacial score (nSPS) is 16.5. The summed E-state index contributed by atoms with van der Waals surface area (Å²) in [6, 6.07) is 26.6. The van der Waals surface area contributed by atoms with E-state index in [1.165, 1.54) is 11.8 Å². The molecule has 4 rings (SSSR count). The number of esters is 1. The second-order valence-electron chi connectivity index (χ2n) is 7.77. The molecule has 1 heterocycles. The Labute approximate surface area is 209 Å². The lowest BCUT2D eigenvalue weighted by molar-refractivity contribution is -0.145. The van der Waals surface area contributed by atoms with Crippen LogP contribution in [0, 0.1) is 0 Å². The topological polar surface area (TPSA) is 68.2 Å². The van der Waals surface area contributed by atoms with E-state index in [0.717, 1.165) is 16.8 Å². The molecule has 0 bridgehead atoms. The summed E-state index contributed by atoms with van der Waals surface area (Å²) in [6.45, 7) is 3.93. The minimum Gasteiger partial charge on any atom is -0.482 e. The Hall–Kier alpha value is -3.84. The van der Waals surface area contributed by atoms with Crippen molar-refractivity contribution in [3.05, 3.63) is 101 Å². The van der Waals surface area contributed by atoms with E-state index in [0.29, 0.717) is 22.4 Å². The first-order valence-electron chi connectivity index (χ1n) is 11.4. The monoisotopic (exact) mass is 486 g/mol. The number of aliphatic imine (C=N–C) groups is 1. The van der Waals surface area contributed by atoms with Crippen LogP contribution in [0.15, 0.2) is 94.8 Å². The van der Waals surface area contributed by atoms with Gasteiger partial charge in [-0.1, -0.05) is 60.7 Å². The zero-order valence-corrected chi connectivity index (χ0v) is 20.4. The van der Waals surface area contributed by atoms with Crippen molar-refractivity contribution < 1.29 is 19.1 Å². The molecule has 1 fully saturated rings. The van der Waals surface area contributed by atoms with Crippen LogP contribution in [0.25, 0.3) is 6.08 Å². The average Bonchev–Trinajstić information content (AvgIpc) is 3.18. The molecule has 1 amide bonds. The van der Waals surface area contributed by atoms with Gasteiger partial charge < -0.3 is 9.47 Å². The van der Waals surface area contributed by atoms with Crippen LogP contribution in [-0.2, 0) is 14.3 Å². The highest BCUT2D eigenvalue weighted by Crippen LogP contribution is 2.39. The standard InChI is InChI=1S/C28H26N2O4S/c1-3-33-26(31)19-34-24-16-14-21(15-17-24)18-25-27(32)30(20(2)22-10-6-4-7-11-22)28(35-25)29-23-12-8-5-9-13-23/h4-18,20H,3,19H2,1-2H3/b25-18+,29-28?/t20-/m1/s1. The molecule has 3 aromatic rings. The van der Waals surface area contributed by atoms with Crippen molar-refractivity contribution >= 4 is 40.6 Å². The molecule has 0 radical (unpaired) electrons. The van der Waals surface area contributed by atoms with Crippen molar-refractivity contribution in [3.63, 3.8) is 0 Å². The highest BCUT2D eigenvalue weighted by molar-refractivity contribution is 8.18. The lowest BCUT2D eigenvalue weighted by atomic mass is 10.1. The fraction of sp³-hybridized carbons (Fsp3) is 0.179. The quantitative estimate of drug-likeness (QED) is 0.289. The van der Waals surface area contributed by atoms with Crippen LogP contribution in [0.2, 0.25) is 0 Å². The smallest absolute Gasteiger partial charge is 0.344 e. The molecule has 0 aromatic heterocycles. The van der Waals surface area contributed by atoms with Gasteiger partial charge in [-0.25, -0.2) is 9.79 Å². The maximum atomic E-state index is 13.5. The van der Waals surface area contributed by atoms with Crippen molar-refractivity contribution in [3.8, 4) is 5.75 Å². The number of para-hydroxylation sites is 1. The maximum absolute atomic E-state index is 13.5. The highest BCUT2D eigenvalue weighted by atomic mass is 32.2. The molecule has 7 heteroatoms. The van der Waals surface area contributed by atoms with E-state index in [2.05, 4.69) is 0 Å². The third-order valence-electron chi connectivity index (χ3n) is 5.33. The summed E-state index contributed by atoms with van der Waals surface area (Å²) in [7, 11) is 0. The van der Waals surface area contributed by atoms with Gasteiger partial charge in [0.15, 0.2) is 11.8 Å². The van der Waals surface area contributed by atoms with E-state index in [4.69, 9.17) is 14.5 Å². The minimum atomic E-state index is -0.412. The summed E-state index contributed by atoms with van der Waals surface area (Å²) in [5.74, 6) is 0.0458. The lowest BCUT2D eigenvalue weighted by Crippen LogP contribution is -2.32. The molecule has 6 nitrogen and oxygen atoms in total. The molecule has 1 aliphatic rings. The Kier molecular flexibility index (Phi) is 8.00. The van der Waals surface area contributed by atoms with Gasteiger partial charge in [0, 0.05) is 0 Å². The number of benzene rings is 3. The van der Waals surface area contributed by atoms with E-state index in [9.17, 15) is 9.59 Å². The van der Waals surface area contributed by atoms with Gasteiger partial charge >= 0.3 is 5.97 Å². The second-order valence-corrected chi connectivity index (χ2v) is 8.77. The first-order chi connectivity index (χ1) is 17.0. The number of hydrogen-bond acceptors (Lipinski definition) is 6. The number of amides is 1. The van der Waals surface area contributed by atoms with Gasteiger partial charge in [0.25, 0.3) is 5.91 Å². The van der Waals surface area contributed by atoms with Gasteiger partial charge in [-0.05, 0) is 67.1 Å². The van der Waals surface area contributed by atoms with E-state index >= 15 is 0 Å². The number of ether oxygens (including phenoxy) is 2. The van der Waals surface area contributed by atoms with Gasteiger partial charge in [-0.15, -0.1) is 0 Å². The van der Waals surface area contributed by atoms with Crippen molar-refractivity contribution in [2.45, 2.75) is 19.9 Å². The zero-order chi connectivity index (χ0) is 24.6. The Balaban J connectivity index is 1.58. The summed E-state index contributed by atoms with van der Waals surface area (Å²) in [5.41, 5.74) is 2.67. The highest BCUT2D eigenvalue weighted by Gasteiger charge is 2.37. The SMILES string of the molecule is CCOC(=O)COc1ccc(/C=C2/SC(=Nc3ccccc3)N([C@H](C)c3ccccc3)C2=O)cc1. The summed E-state index contributed by atoms with van der Waals surface area (Å²) in [5, 5.41) is 0.637. The van der Waals surface area contributed by atoms with Gasteiger partial charge in [0.05, 0.1) is 23.2 Å². The molecule has 3 aromatic carbocycles. The largest absolute Gasteiger partial charge is 0.482 e. The Bertz CT molecular complexity index is 1220. The predicted octanol–water partition coefficient (Wildman–Crippen LogP) is 5.99. The number of nitrogens with zero attached hydrogens (tertiary/aromatic N) is 2. The Morgan fingerprint density at radius 2 is 1.66 bits per heavy atom. The summed E-state index contributed by atoms with van der Waals surface area (Å²) in [6.07, 6.45) is 1.85. The van der Waals surface area contributed by atoms with Crippen LogP contribution in [0.5, 0.6) is 5.75 Å². The van der Waals surface area contributed by atoms with E-state index in [-0.39, 0.29) is 18.6 Å². The summed E-state index contributed by atoms with van der Waals surface area (Å²) < 4.78 is 10.3. The molecule has 0 unspecified atom stereocenters. The third-order valence-corrected chi connectivity index (χ3v) is 6.31. The van der Waals surface area contributed by atoms with Crippen molar-refractivity contribution in [1.29, 1.82) is 0 Å². The maximum Gasteiger partial charge on any atom is 0.344 e. The van der Waals surface area contributed by atoms with Gasteiger partial charge in [-0.2, -0.15) is 0 Å². The molecular weight excluding hydrogens is 460 g/mol. The molecule has 0 aliphatic carbocycles. The van der Waals surface area contributed by atoms with Crippen LogP contribution in [0.3, 0.4) is 0 Å². The molecule has 1 aliphatic heterocycles. The van der Waals surface area contributed by atoms with Gasteiger partial charge in [0.2, 0.25) is 0 Å². The molecule has 0 spiro atoms. The number of carbonyl (C=O) groups is 2. The van der Waals surface area contributed by atoms with Crippen molar-refractivity contribution in [2.24, 2.45) is 4.99 Å². The summed E-state index contributed by atoms with van der Waals surface area (Å²) >= 11 is 1.36. The van der Waals surface area contributed by atoms with Crippen LogP contribution >= 0.6 is 11.8 Å². The van der Waals surface area contributed by atoms with Gasteiger partial charge in [-0.3, -0.25) is 9.69 Å². The van der Waals surface area contributed by atoms with Crippen LogP contribution < -0.4 is 4.74 Å². The van der Waals surface area contributed by atoms with E-state index < -0.39 is 5.97 Å². The van der Waals surface area contributed by atoms with Crippen LogP contribution in [0.4, 0.5) is 5.69 Å². The number of thioether (sulfide) groups is 1. The molecule has 0 saturated carbocycles. The lowest BCUT2D eigenvalue weighted by Gasteiger charge is -2.24. The number of carbonyl (C=O) groups excluding carboxylic acids is 2. The zero-order valence-electron chi connectivity index (χ0n) is 19.6. The number of hydrogen-bond donors (Lipinski definition) is 0. The van der Waals surface area contributed by atoms with Crippen molar-refractivity contribution in [2.75, 3.05) is 13.2 Å². The molecule has 178 valence electrons. The Morgan fingerprint density at radius 3 is 2.31 bits per heavy atom. The minimum absolute atomic E-state index is 0.0938. The molecule has 35 heavy (non-hydrogen) atoms. The van der Waals surface area contributed by atoms with Crippen LogP contribution in [0.1, 0.15) is 31.0 Å². The Morgan fingerprint density at radius 1 is 1.00 bits per heavy atom. The molecule has 0 N–H and O–H groups in total. The predicted molar refractivity (Wildman–Crippen MR) is 139 cm³/mol. The molecular formula is C28H26N2O4S. The number of amidine groups is 1. The van der Waals surface area contributed by atoms with Gasteiger partial charge in [0.1, 0.15) is 5.75 Å². The third kappa shape index (κ3) is 6.19. The number of rotatable bonds is 8.